The van der Waals surface area contributed by atoms with Crippen LogP contribution in [0.5, 0.6) is 5.75 Å². The van der Waals surface area contributed by atoms with Gasteiger partial charge in [0.05, 0.1) is 5.56 Å². The van der Waals surface area contributed by atoms with Gasteiger partial charge >= 0.3 is 6.61 Å². The summed E-state index contributed by atoms with van der Waals surface area (Å²) in [5.41, 5.74) is 0.546. The number of hydrogen-bond donors (Lipinski definition) is 2. The van der Waals surface area contributed by atoms with Crippen LogP contribution in [0.3, 0.4) is 0 Å². The van der Waals surface area contributed by atoms with Crippen molar-refractivity contribution in [1.29, 1.82) is 0 Å². The number of hydrogen-bond acceptors (Lipinski definition) is 4. The van der Waals surface area contributed by atoms with Gasteiger partial charge in [0.2, 0.25) is 0 Å². The van der Waals surface area contributed by atoms with Gasteiger partial charge in [0.25, 0.3) is 11.8 Å². The molecule has 0 fully saturated rings. The Morgan fingerprint density at radius 1 is 0.966 bits per heavy atom. The molecular weight excluding hydrogens is 448 g/mol. The van der Waals surface area contributed by atoms with Crippen LogP contribution in [-0.4, -0.2) is 23.4 Å². The zero-order valence-corrected chi connectivity index (χ0v) is 16.3. The van der Waals surface area contributed by atoms with Gasteiger partial charge in [-0.25, -0.2) is 4.98 Å². The maximum absolute atomic E-state index is 12.5. The average Bonchev–Trinajstić information content (AvgIpc) is 2.70. The minimum absolute atomic E-state index is 0.0540. The van der Waals surface area contributed by atoms with Crippen molar-refractivity contribution in [3.05, 3.63) is 82.5 Å². The van der Waals surface area contributed by atoms with E-state index >= 15 is 0 Å². The van der Waals surface area contributed by atoms with E-state index in [2.05, 4.69) is 36.3 Å². The van der Waals surface area contributed by atoms with Gasteiger partial charge in [0, 0.05) is 21.9 Å². The number of amides is 2. The molecule has 2 N–H and O–H groups in total. The molecule has 0 spiro atoms. The van der Waals surface area contributed by atoms with E-state index in [9.17, 15) is 18.4 Å². The lowest BCUT2D eigenvalue weighted by atomic mass is 10.1. The number of nitrogens with one attached hydrogen (secondary N) is 2. The van der Waals surface area contributed by atoms with Gasteiger partial charge in [-0.2, -0.15) is 8.78 Å². The van der Waals surface area contributed by atoms with Crippen LogP contribution < -0.4 is 15.4 Å². The van der Waals surface area contributed by atoms with Gasteiger partial charge in [0.15, 0.2) is 0 Å². The number of alkyl halides is 2. The summed E-state index contributed by atoms with van der Waals surface area (Å²) < 4.78 is 30.2. The van der Waals surface area contributed by atoms with E-state index in [-0.39, 0.29) is 16.9 Å². The summed E-state index contributed by atoms with van der Waals surface area (Å²) in [6.07, 6.45) is 1.55. The quantitative estimate of drug-likeness (QED) is 0.544. The Morgan fingerprint density at radius 3 is 2.48 bits per heavy atom. The molecule has 0 saturated carbocycles. The van der Waals surface area contributed by atoms with Crippen molar-refractivity contribution in [2.24, 2.45) is 0 Å². The van der Waals surface area contributed by atoms with Crippen molar-refractivity contribution >= 4 is 39.2 Å². The summed E-state index contributed by atoms with van der Waals surface area (Å²) in [7, 11) is 0. The van der Waals surface area contributed by atoms with Gasteiger partial charge in [0.1, 0.15) is 11.6 Å². The lowest BCUT2D eigenvalue weighted by Gasteiger charge is -2.11. The molecule has 0 atom stereocenters. The van der Waals surface area contributed by atoms with E-state index in [0.29, 0.717) is 11.5 Å². The standard InChI is InChI=1S/C20H14BrF2N3O3/c21-13-8-9-17(24-11-13)26-18(27)12-4-3-5-14(10-12)25-19(28)15-6-1-2-7-16(15)29-20(22)23/h1-11,20H,(H,25,28)(H,24,26,27). The Bertz CT molecular complexity index is 1030. The monoisotopic (exact) mass is 461 g/mol. The second-order valence-corrected chi connectivity index (χ2v) is 6.64. The van der Waals surface area contributed by atoms with Crippen molar-refractivity contribution in [1.82, 2.24) is 4.98 Å². The third-order valence-electron chi connectivity index (χ3n) is 3.70. The summed E-state index contributed by atoms with van der Waals surface area (Å²) in [5.74, 6) is -0.938. The maximum atomic E-state index is 12.5. The summed E-state index contributed by atoms with van der Waals surface area (Å²) in [6.45, 7) is -3.05. The number of para-hydroxylation sites is 1. The largest absolute Gasteiger partial charge is 0.434 e. The molecule has 1 heterocycles. The second-order valence-electron chi connectivity index (χ2n) is 5.73. The SMILES string of the molecule is O=C(Nc1ccc(Br)cn1)c1cccc(NC(=O)c2ccccc2OC(F)F)c1. The van der Waals surface area contributed by atoms with E-state index < -0.39 is 18.4 Å². The molecule has 2 amide bonds. The highest BCUT2D eigenvalue weighted by atomic mass is 79.9. The fourth-order valence-corrected chi connectivity index (χ4v) is 2.66. The molecule has 0 saturated heterocycles. The van der Waals surface area contributed by atoms with Gasteiger partial charge in [-0.3, -0.25) is 9.59 Å². The topological polar surface area (TPSA) is 80.3 Å². The number of rotatable bonds is 6. The van der Waals surface area contributed by atoms with Crippen molar-refractivity contribution in [2.75, 3.05) is 10.6 Å². The summed E-state index contributed by atoms with van der Waals surface area (Å²) in [6, 6.07) is 15.2. The molecule has 9 heteroatoms. The van der Waals surface area contributed by atoms with Crippen molar-refractivity contribution in [3.8, 4) is 5.75 Å². The molecule has 0 unspecified atom stereocenters. The predicted molar refractivity (Wildman–Crippen MR) is 107 cm³/mol. The van der Waals surface area contributed by atoms with Crippen LogP contribution in [0.2, 0.25) is 0 Å². The molecule has 2 aromatic carbocycles. The first-order chi connectivity index (χ1) is 13.9. The number of nitrogens with zero attached hydrogens (tertiary/aromatic N) is 1. The number of anilines is 2. The van der Waals surface area contributed by atoms with E-state index in [4.69, 9.17) is 0 Å². The predicted octanol–water partition coefficient (Wildman–Crippen LogP) is 4.95. The van der Waals surface area contributed by atoms with Crippen LogP contribution in [0, 0.1) is 0 Å². The first kappa shape index (κ1) is 20.4. The minimum atomic E-state index is -3.05. The van der Waals surface area contributed by atoms with Crippen LogP contribution in [-0.2, 0) is 0 Å². The number of aromatic nitrogens is 1. The Labute approximate surface area is 173 Å². The van der Waals surface area contributed by atoms with E-state index in [1.165, 1.54) is 30.3 Å². The fraction of sp³-hybridized carbons (Fsp3) is 0.0500. The lowest BCUT2D eigenvalue weighted by molar-refractivity contribution is -0.0501. The number of halogens is 3. The Balaban J connectivity index is 1.74. The highest BCUT2D eigenvalue weighted by Gasteiger charge is 2.16. The molecule has 29 heavy (non-hydrogen) atoms. The molecule has 0 bridgehead atoms. The van der Waals surface area contributed by atoms with Crippen LogP contribution in [0.25, 0.3) is 0 Å². The summed E-state index contributed by atoms with van der Waals surface area (Å²) in [4.78, 5) is 28.9. The van der Waals surface area contributed by atoms with E-state index in [0.717, 1.165) is 4.47 Å². The van der Waals surface area contributed by atoms with Crippen LogP contribution in [0.15, 0.2) is 71.3 Å². The zero-order chi connectivity index (χ0) is 20.8. The Morgan fingerprint density at radius 2 is 1.76 bits per heavy atom. The van der Waals surface area contributed by atoms with Gasteiger partial charge in [-0.15, -0.1) is 0 Å². The van der Waals surface area contributed by atoms with Gasteiger partial charge in [-0.1, -0.05) is 18.2 Å². The summed E-state index contributed by atoms with van der Waals surface area (Å²) >= 11 is 3.26. The van der Waals surface area contributed by atoms with Crippen LogP contribution in [0.4, 0.5) is 20.3 Å². The minimum Gasteiger partial charge on any atom is -0.434 e. The first-order valence-electron chi connectivity index (χ1n) is 8.30. The van der Waals surface area contributed by atoms with Crippen molar-refractivity contribution in [2.45, 2.75) is 6.61 Å². The molecule has 0 aliphatic heterocycles. The molecule has 0 aliphatic rings. The highest BCUT2D eigenvalue weighted by molar-refractivity contribution is 9.10. The van der Waals surface area contributed by atoms with Crippen LogP contribution in [0.1, 0.15) is 20.7 Å². The zero-order valence-electron chi connectivity index (χ0n) is 14.7. The van der Waals surface area contributed by atoms with Crippen molar-refractivity contribution < 1.29 is 23.1 Å². The van der Waals surface area contributed by atoms with Crippen molar-refractivity contribution in [3.63, 3.8) is 0 Å². The number of benzene rings is 2. The molecule has 0 aliphatic carbocycles. The van der Waals surface area contributed by atoms with E-state index in [1.54, 1.807) is 36.5 Å². The highest BCUT2D eigenvalue weighted by Crippen LogP contribution is 2.22. The number of carbonyl (C=O) groups excluding carboxylic acids is 2. The number of carbonyl (C=O) groups is 2. The Hall–Kier alpha value is -3.33. The smallest absolute Gasteiger partial charge is 0.387 e. The average molecular weight is 462 g/mol. The molecule has 0 radical (unpaired) electrons. The second kappa shape index (κ2) is 9.24. The molecule has 148 valence electrons. The Kier molecular flexibility index (Phi) is 6.50. The van der Waals surface area contributed by atoms with Gasteiger partial charge in [-0.05, 0) is 58.4 Å². The third-order valence-corrected chi connectivity index (χ3v) is 4.17. The lowest BCUT2D eigenvalue weighted by Crippen LogP contribution is -2.16. The summed E-state index contributed by atoms with van der Waals surface area (Å²) in [5, 5.41) is 5.21. The normalized spacial score (nSPS) is 10.5. The molecule has 3 rings (SSSR count). The molecule has 6 nitrogen and oxygen atoms in total. The third kappa shape index (κ3) is 5.58. The number of ether oxygens (including phenoxy) is 1. The van der Waals surface area contributed by atoms with Crippen LogP contribution >= 0.6 is 15.9 Å². The number of pyridine rings is 1. The first-order valence-corrected chi connectivity index (χ1v) is 9.10. The van der Waals surface area contributed by atoms with E-state index in [1.807, 2.05) is 0 Å². The molecule has 1 aromatic heterocycles. The van der Waals surface area contributed by atoms with Gasteiger partial charge < -0.3 is 15.4 Å². The molecular formula is C20H14BrF2N3O3. The fourth-order valence-electron chi connectivity index (χ4n) is 2.43. The molecule has 3 aromatic rings. The maximum Gasteiger partial charge on any atom is 0.387 e.